The number of aromatic nitrogens is 2. The number of alkyl halides is 3. The van der Waals surface area contributed by atoms with Crippen molar-refractivity contribution in [1.82, 2.24) is 15.3 Å². The minimum Gasteiger partial charge on any atom is -0.357 e. The van der Waals surface area contributed by atoms with Gasteiger partial charge >= 0.3 is 6.18 Å². The first-order valence-electron chi connectivity index (χ1n) is 11.3. The highest BCUT2D eigenvalue weighted by molar-refractivity contribution is 5.76. The third-order valence-corrected chi connectivity index (χ3v) is 6.73. The van der Waals surface area contributed by atoms with Gasteiger partial charge in [0.1, 0.15) is 17.7 Å². The van der Waals surface area contributed by atoms with Gasteiger partial charge in [-0.05, 0) is 53.0 Å². The maximum atomic E-state index is 14.2. The minimum atomic E-state index is -4.69. The third kappa shape index (κ3) is 5.11. The van der Waals surface area contributed by atoms with Gasteiger partial charge in [-0.1, -0.05) is 27.4 Å². The number of nitrogens with one attached hydrogen (secondary N) is 2. The molecule has 0 radical (unpaired) electrons. The molecule has 0 bridgehead atoms. The Morgan fingerprint density at radius 1 is 1.11 bits per heavy atom. The number of anilines is 2. The molecule has 4 rings (SSSR count). The highest BCUT2D eigenvalue weighted by Gasteiger charge is 2.45. The Kier molecular flexibility index (Phi) is 6.27. The van der Waals surface area contributed by atoms with Crippen molar-refractivity contribution in [2.45, 2.75) is 46.3 Å². The molecule has 188 valence electrons. The fourth-order valence-corrected chi connectivity index (χ4v) is 4.42. The van der Waals surface area contributed by atoms with Crippen LogP contribution in [0.15, 0.2) is 42.5 Å². The van der Waals surface area contributed by atoms with Crippen LogP contribution in [-0.2, 0) is 6.42 Å². The molecule has 1 aromatic heterocycles. The Morgan fingerprint density at radius 3 is 2.31 bits per heavy atom. The van der Waals surface area contributed by atoms with E-state index in [2.05, 4.69) is 48.0 Å². The van der Waals surface area contributed by atoms with Gasteiger partial charge in [-0.15, -0.1) is 0 Å². The summed E-state index contributed by atoms with van der Waals surface area (Å²) in [5.41, 5.74) is 0.876. The molecule has 1 atom stereocenters. The molecule has 1 unspecified atom stereocenters. The van der Waals surface area contributed by atoms with Gasteiger partial charge in [-0.3, -0.25) is 0 Å². The van der Waals surface area contributed by atoms with Gasteiger partial charge in [0.2, 0.25) is 5.95 Å². The van der Waals surface area contributed by atoms with Crippen molar-refractivity contribution < 1.29 is 22.0 Å². The van der Waals surface area contributed by atoms with Crippen molar-refractivity contribution in [3.63, 3.8) is 0 Å². The standard InChI is InChI=1S/C25H28F5N5/c1-13-18-6-16(26)7-21(27)20(18)8-19(13)22(25(28,29)30)34-14(2)33-17-9-31-23(32-10-17)35-11-15(12-35)24(3,4)5/h6-7,9-10,15,22,33-34H,2,8,11-12H2,1,3-5H3. The normalized spacial score (nSPS) is 17.2. The number of allylic oxidation sites excluding steroid dienone is 1. The van der Waals surface area contributed by atoms with E-state index in [1.807, 2.05) is 4.90 Å². The van der Waals surface area contributed by atoms with E-state index in [4.69, 9.17) is 0 Å². The van der Waals surface area contributed by atoms with Crippen molar-refractivity contribution in [3.05, 3.63) is 65.3 Å². The van der Waals surface area contributed by atoms with Crippen molar-refractivity contribution in [2.75, 3.05) is 23.3 Å². The van der Waals surface area contributed by atoms with E-state index in [1.165, 1.54) is 19.3 Å². The fourth-order valence-electron chi connectivity index (χ4n) is 4.42. The SMILES string of the molecule is C=C(Nc1cnc(N2CC(C(C)(C)C)C2)nc1)NC(C1=C(C)c2cc(F)cc(F)c2C1)C(F)(F)F. The first-order chi connectivity index (χ1) is 16.2. The van der Waals surface area contributed by atoms with Crippen LogP contribution >= 0.6 is 0 Å². The predicted molar refractivity (Wildman–Crippen MR) is 126 cm³/mol. The molecule has 0 spiro atoms. The molecular formula is C25H28F5N5. The van der Waals surface area contributed by atoms with Crippen LogP contribution in [0.1, 0.15) is 38.8 Å². The smallest absolute Gasteiger partial charge is 0.357 e. The van der Waals surface area contributed by atoms with Gasteiger partial charge in [-0.2, -0.15) is 13.2 Å². The highest BCUT2D eigenvalue weighted by atomic mass is 19.4. The number of hydrogen-bond donors (Lipinski definition) is 2. The number of benzene rings is 1. The third-order valence-electron chi connectivity index (χ3n) is 6.73. The zero-order valence-corrected chi connectivity index (χ0v) is 20.0. The lowest BCUT2D eigenvalue weighted by Crippen LogP contribution is -2.52. The average molecular weight is 494 g/mol. The summed E-state index contributed by atoms with van der Waals surface area (Å²) >= 11 is 0. The van der Waals surface area contributed by atoms with Gasteiger partial charge in [0, 0.05) is 19.2 Å². The summed E-state index contributed by atoms with van der Waals surface area (Å²) < 4.78 is 69.8. The Hall–Kier alpha value is -3.17. The van der Waals surface area contributed by atoms with E-state index in [-0.39, 0.29) is 39.9 Å². The number of rotatable bonds is 6. The second-order valence-corrected chi connectivity index (χ2v) is 10.2. The number of nitrogens with zero attached hydrogens (tertiary/aromatic N) is 3. The molecule has 2 heterocycles. The number of halogens is 5. The molecule has 1 fully saturated rings. The van der Waals surface area contributed by atoms with Crippen molar-refractivity contribution in [3.8, 4) is 0 Å². The Balaban J connectivity index is 1.44. The molecule has 2 aromatic rings. The van der Waals surface area contributed by atoms with Crippen LogP contribution in [0, 0.1) is 23.0 Å². The summed E-state index contributed by atoms with van der Waals surface area (Å²) in [6.07, 6.45) is -2.01. The van der Waals surface area contributed by atoms with Crippen LogP contribution in [0.2, 0.25) is 0 Å². The topological polar surface area (TPSA) is 53.1 Å². The van der Waals surface area contributed by atoms with E-state index in [1.54, 1.807) is 0 Å². The van der Waals surface area contributed by atoms with Crippen LogP contribution in [0.25, 0.3) is 5.57 Å². The van der Waals surface area contributed by atoms with E-state index < -0.39 is 23.9 Å². The Labute approximate surface area is 201 Å². The fraction of sp³-hybridized carbons (Fsp3) is 0.440. The van der Waals surface area contributed by atoms with Crippen LogP contribution in [0.3, 0.4) is 0 Å². The monoisotopic (exact) mass is 493 g/mol. The summed E-state index contributed by atoms with van der Waals surface area (Å²) in [4.78, 5) is 10.7. The lowest BCUT2D eigenvalue weighted by atomic mass is 9.76. The van der Waals surface area contributed by atoms with Gasteiger partial charge in [0.15, 0.2) is 0 Å². The Bertz CT molecular complexity index is 1160. The van der Waals surface area contributed by atoms with Crippen LogP contribution < -0.4 is 15.5 Å². The van der Waals surface area contributed by atoms with Crippen LogP contribution in [-0.4, -0.2) is 35.3 Å². The number of fused-ring (bicyclic) bond motifs is 1. The number of hydrogen-bond acceptors (Lipinski definition) is 5. The molecule has 5 nitrogen and oxygen atoms in total. The van der Waals surface area contributed by atoms with E-state index in [0.717, 1.165) is 19.2 Å². The second-order valence-electron chi connectivity index (χ2n) is 10.2. The molecule has 2 aliphatic rings. The van der Waals surface area contributed by atoms with Gasteiger partial charge < -0.3 is 15.5 Å². The molecule has 35 heavy (non-hydrogen) atoms. The molecule has 0 saturated carbocycles. The van der Waals surface area contributed by atoms with E-state index in [0.29, 0.717) is 23.6 Å². The quantitative estimate of drug-likeness (QED) is 0.508. The molecule has 1 saturated heterocycles. The van der Waals surface area contributed by atoms with E-state index >= 15 is 0 Å². The molecule has 1 aliphatic carbocycles. The van der Waals surface area contributed by atoms with Crippen LogP contribution in [0.5, 0.6) is 0 Å². The van der Waals surface area contributed by atoms with Crippen LogP contribution in [0.4, 0.5) is 33.6 Å². The van der Waals surface area contributed by atoms with Crippen molar-refractivity contribution >= 4 is 17.2 Å². The summed E-state index contributed by atoms with van der Waals surface area (Å²) in [6.45, 7) is 13.3. The maximum Gasteiger partial charge on any atom is 0.412 e. The van der Waals surface area contributed by atoms with Crippen molar-refractivity contribution in [1.29, 1.82) is 0 Å². The predicted octanol–water partition coefficient (Wildman–Crippen LogP) is 5.67. The maximum absolute atomic E-state index is 14.2. The van der Waals surface area contributed by atoms with Gasteiger partial charge in [0.05, 0.1) is 23.9 Å². The molecule has 1 aromatic carbocycles. The van der Waals surface area contributed by atoms with Gasteiger partial charge in [0.25, 0.3) is 0 Å². The second kappa shape index (κ2) is 8.80. The minimum absolute atomic E-state index is 0.0530. The lowest BCUT2D eigenvalue weighted by molar-refractivity contribution is -0.145. The first-order valence-corrected chi connectivity index (χ1v) is 11.3. The summed E-state index contributed by atoms with van der Waals surface area (Å²) in [6, 6.07) is -0.395. The van der Waals surface area contributed by atoms with Crippen molar-refractivity contribution in [2.24, 2.45) is 11.3 Å². The zero-order chi connectivity index (χ0) is 25.7. The molecule has 10 heteroatoms. The Morgan fingerprint density at radius 2 is 1.74 bits per heavy atom. The van der Waals surface area contributed by atoms with E-state index in [9.17, 15) is 22.0 Å². The zero-order valence-electron chi connectivity index (χ0n) is 20.0. The summed E-state index contributed by atoms with van der Waals surface area (Å²) in [5, 5.41) is 5.11. The summed E-state index contributed by atoms with van der Waals surface area (Å²) in [7, 11) is 0. The molecule has 2 N–H and O–H groups in total. The largest absolute Gasteiger partial charge is 0.412 e. The lowest BCUT2D eigenvalue weighted by Gasteiger charge is -2.46. The molecule has 1 aliphatic heterocycles. The highest BCUT2D eigenvalue weighted by Crippen LogP contribution is 2.40. The summed E-state index contributed by atoms with van der Waals surface area (Å²) in [5.74, 6) is -0.720. The van der Waals surface area contributed by atoms with Gasteiger partial charge in [-0.25, -0.2) is 18.7 Å². The molecular weight excluding hydrogens is 465 g/mol. The average Bonchev–Trinajstić information content (AvgIpc) is 3.01. The first kappa shape index (κ1) is 24.9. The molecule has 0 amide bonds.